The molecule has 0 N–H and O–H groups in total. The molecule has 104 valence electrons. The second-order valence-electron chi connectivity index (χ2n) is 4.07. The number of cyclic esters (lactones) is 2. The van der Waals surface area contributed by atoms with Crippen molar-refractivity contribution in [2.24, 2.45) is 0 Å². The SMILES string of the molecule is CC1OCCCOC(=O)C(C)OCCCOC1=O. The molecule has 2 unspecified atom stereocenters. The third-order valence-corrected chi connectivity index (χ3v) is 2.47. The van der Waals surface area contributed by atoms with Gasteiger partial charge in [-0.15, -0.1) is 0 Å². The summed E-state index contributed by atoms with van der Waals surface area (Å²) in [5.74, 6) is -0.755. The van der Waals surface area contributed by atoms with Crippen molar-refractivity contribution >= 4 is 11.9 Å². The first-order valence-electron chi connectivity index (χ1n) is 6.17. The molecule has 1 aliphatic rings. The zero-order valence-corrected chi connectivity index (χ0v) is 10.8. The van der Waals surface area contributed by atoms with Crippen LogP contribution in [-0.2, 0) is 28.5 Å². The van der Waals surface area contributed by atoms with Gasteiger partial charge in [0.2, 0.25) is 0 Å². The number of esters is 2. The first-order valence-corrected chi connectivity index (χ1v) is 6.17. The smallest absolute Gasteiger partial charge is 0.334 e. The fraction of sp³-hybridized carbons (Fsp3) is 0.833. The van der Waals surface area contributed by atoms with E-state index in [1.54, 1.807) is 13.8 Å². The molecule has 6 nitrogen and oxygen atoms in total. The van der Waals surface area contributed by atoms with Crippen molar-refractivity contribution in [2.45, 2.75) is 38.9 Å². The molecule has 0 radical (unpaired) electrons. The van der Waals surface area contributed by atoms with Gasteiger partial charge in [0.15, 0.2) is 12.2 Å². The Bertz CT molecular complexity index is 250. The van der Waals surface area contributed by atoms with Crippen LogP contribution in [0.4, 0.5) is 0 Å². The average Bonchev–Trinajstić information content (AvgIpc) is 2.35. The molecular weight excluding hydrogens is 240 g/mol. The third kappa shape index (κ3) is 5.46. The summed E-state index contributed by atoms with van der Waals surface area (Å²) in [6.45, 7) is 4.48. The first-order chi connectivity index (χ1) is 8.61. The van der Waals surface area contributed by atoms with E-state index in [9.17, 15) is 9.59 Å². The van der Waals surface area contributed by atoms with Gasteiger partial charge in [0.25, 0.3) is 0 Å². The molecule has 0 aromatic rings. The summed E-state index contributed by atoms with van der Waals surface area (Å²) in [5.41, 5.74) is 0. The Labute approximate surface area is 107 Å². The lowest BCUT2D eigenvalue weighted by Gasteiger charge is -2.16. The molecule has 6 heteroatoms. The van der Waals surface area contributed by atoms with Crippen LogP contribution in [0, 0.1) is 0 Å². The largest absolute Gasteiger partial charge is 0.464 e. The predicted octanol–water partition coefficient (Wildman–Crippen LogP) is 0.677. The zero-order valence-electron chi connectivity index (χ0n) is 10.8. The quantitative estimate of drug-likeness (QED) is 0.596. The molecule has 0 bridgehead atoms. The summed E-state index contributed by atoms with van der Waals surface area (Å²) in [5, 5.41) is 0. The van der Waals surface area contributed by atoms with Crippen molar-refractivity contribution in [3.05, 3.63) is 0 Å². The normalized spacial score (nSPS) is 29.0. The Morgan fingerprint density at radius 1 is 0.778 bits per heavy atom. The maximum atomic E-state index is 11.4. The van der Waals surface area contributed by atoms with E-state index in [1.807, 2.05) is 0 Å². The standard InChI is InChI=1S/C12H20O6/c1-9-11(13)17-7-4-6-16-10(2)12(14)18-8-3-5-15-9/h9-10H,3-8H2,1-2H3. The molecule has 1 fully saturated rings. The topological polar surface area (TPSA) is 71.1 Å². The summed E-state index contributed by atoms with van der Waals surface area (Å²) in [6.07, 6.45) is -0.112. The van der Waals surface area contributed by atoms with Crippen molar-refractivity contribution in [1.82, 2.24) is 0 Å². The molecule has 1 aliphatic heterocycles. The molecule has 1 heterocycles. The minimum absolute atomic E-state index is 0.258. The highest BCUT2D eigenvalue weighted by molar-refractivity contribution is 5.74. The lowest BCUT2D eigenvalue weighted by Crippen LogP contribution is -2.28. The van der Waals surface area contributed by atoms with Crippen LogP contribution in [0.15, 0.2) is 0 Å². The first kappa shape index (κ1) is 14.9. The molecular formula is C12H20O6. The molecule has 0 aliphatic carbocycles. The molecule has 0 aromatic carbocycles. The van der Waals surface area contributed by atoms with Gasteiger partial charge in [0, 0.05) is 12.8 Å². The maximum absolute atomic E-state index is 11.4. The minimum atomic E-state index is -0.594. The summed E-state index contributed by atoms with van der Waals surface area (Å²) in [4.78, 5) is 22.9. The van der Waals surface area contributed by atoms with Crippen molar-refractivity contribution < 1.29 is 28.5 Å². The number of rotatable bonds is 0. The van der Waals surface area contributed by atoms with E-state index in [-0.39, 0.29) is 25.2 Å². The van der Waals surface area contributed by atoms with Crippen molar-refractivity contribution in [1.29, 1.82) is 0 Å². The van der Waals surface area contributed by atoms with Crippen molar-refractivity contribution in [3.63, 3.8) is 0 Å². The van der Waals surface area contributed by atoms with E-state index < -0.39 is 12.2 Å². The summed E-state index contributed by atoms with van der Waals surface area (Å²) in [7, 11) is 0. The molecule has 2 atom stereocenters. The lowest BCUT2D eigenvalue weighted by atomic mass is 10.3. The summed E-state index contributed by atoms with van der Waals surface area (Å²) in [6, 6.07) is 0. The number of carbonyl (C=O) groups excluding carboxylic acids is 2. The Morgan fingerprint density at radius 2 is 1.17 bits per heavy atom. The molecule has 0 saturated carbocycles. The van der Waals surface area contributed by atoms with Crippen molar-refractivity contribution in [2.75, 3.05) is 26.4 Å². The molecule has 0 amide bonds. The lowest BCUT2D eigenvalue weighted by molar-refractivity contribution is -0.162. The van der Waals surface area contributed by atoms with Crippen LogP contribution in [0.25, 0.3) is 0 Å². The molecule has 1 rings (SSSR count). The highest BCUT2D eigenvalue weighted by Crippen LogP contribution is 2.02. The Balaban J connectivity index is 2.41. The number of hydrogen-bond donors (Lipinski definition) is 0. The number of ether oxygens (including phenoxy) is 4. The van der Waals surface area contributed by atoms with Gasteiger partial charge < -0.3 is 18.9 Å². The Hall–Kier alpha value is -1.14. The molecule has 18 heavy (non-hydrogen) atoms. The van der Waals surface area contributed by atoms with Crippen LogP contribution in [0.2, 0.25) is 0 Å². The zero-order chi connectivity index (χ0) is 13.4. The second-order valence-corrected chi connectivity index (χ2v) is 4.07. The van der Waals surface area contributed by atoms with Gasteiger partial charge in [-0.3, -0.25) is 0 Å². The average molecular weight is 260 g/mol. The van der Waals surface area contributed by atoms with Gasteiger partial charge in [0.1, 0.15) is 0 Å². The monoisotopic (exact) mass is 260 g/mol. The van der Waals surface area contributed by atoms with E-state index in [2.05, 4.69) is 0 Å². The molecule has 0 spiro atoms. The minimum Gasteiger partial charge on any atom is -0.464 e. The van der Waals surface area contributed by atoms with Gasteiger partial charge in [0.05, 0.1) is 26.4 Å². The Kier molecular flexibility index (Phi) is 6.67. The van der Waals surface area contributed by atoms with Gasteiger partial charge in [-0.05, 0) is 13.8 Å². The van der Waals surface area contributed by atoms with Crippen LogP contribution in [0.3, 0.4) is 0 Å². The third-order valence-electron chi connectivity index (χ3n) is 2.47. The predicted molar refractivity (Wildman–Crippen MR) is 62.0 cm³/mol. The van der Waals surface area contributed by atoms with Crippen LogP contribution >= 0.6 is 0 Å². The van der Waals surface area contributed by atoms with E-state index in [4.69, 9.17) is 18.9 Å². The van der Waals surface area contributed by atoms with Crippen LogP contribution in [-0.4, -0.2) is 50.6 Å². The van der Waals surface area contributed by atoms with Crippen LogP contribution in [0.1, 0.15) is 26.7 Å². The van der Waals surface area contributed by atoms with E-state index in [0.717, 1.165) is 0 Å². The fourth-order valence-electron chi connectivity index (χ4n) is 1.35. The van der Waals surface area contributed by atoms with Gasteiger partial charge >= 0.3 is 11.9 Å². The van der Waals surface area contributed by atoms with E-state index in [1.165, 1.54) is 0 Å². The van der Waals surface area contributed by atoms with Gasteiger partial charge in [-0.25, -0.2) is 9.59 Å². The van der Waals surface area contributed by atoms with Crippen molar-refractivity contribution in [3.8, 4) is 0 Å². The molecule has 0 aromatic heterocycles. The fourth-order valence-corrected chi connectivity index (χ4v) is 1.35. The Morgan fingerprint density at radius 3 is 1.56 bits per heavy atom. The number of carbonyl (C=O) groups is 2. The highest BCUT2D eigenvalue weighted by Gasteiger charge is 2.17. The molecule has 1 saturated heterocycles. The van der Waals surface area contributed by atoms with E-state index in [0.29, 0.717) is 26.1 Å². The van der Waals surface area contributed by atoms with Gasteiger partial charge in [-0.2, -0.15) is 0 Å². The summed E-state index contributed by atoms with van der Waals surface area (Å²) < 4.78 is 20.5. The highest BCUT2D eigenvalue weighted by atomic mass is 16.6. The summed E-state index contributed by atoms with van der Waals surface area (Å²) >= 11 is 0. The van der Waals surface area contributed by atoms with Gasteiger partial charge in [-0.1, -0.05) is 0 Å². The number of hydrogen-bond acceptors (Lipinski definition) is 6. The van der Waals surface area contributed by atoms with Crippen LogP contribution < -0.4 is 0 Å². The second kappa shape index (κ2) is 8.05. The maximum Gasteiger partial charge on any atom is 0.334 e. The van der Waals surface area contributed by atoms with E-state index >= 15 is 0 Å². The van der Waals surface area contributed by atoms with Crippen LogP contribution in [0.5, 0.6) is 0 Å².